The average Bonchev–Trinajstić information content (AvgIpc) is 3.07. The Labute approximate surface area is 293 Å². The van der Waals surface area contributed by atoms with E-state index in [1.165, 1.54) is 186 Å². The van der Waals surface area contributed by atoms with Gasteiger partial charge >= 0.3 is 11.9 Å². The molecule has 5 nitrogen and oxygen atoms in total. The van der Waals surface area contributed by atoms with Crippen LogP contribution in [0.5, 0.6) is 0 Å². The highest BCUT2D eigenvalue weighted by molar-refractivity contribution is 5.69. The minimum absolute atomic E-state index is 0.107. The van der Waals surface area contributed by atoms with Crippen molar-refractivity contribution in [1.82, 2.24) is 0 Å². The van der Waals surface area contributed by atoms with Gasteiger partial charge in [-0.15, -0.1) is 0 Å². The summed E-state index contributed by atoms with van der Waals surface area (Å²) in [4.78, 5) is 23.9. The first-order valence-corrected chi connectivity index (χ1v) is 21.1. The van der Waals surface area contributed by atoms with Gasteiger partial charge in [0, 0.05) is 12.8 Å². The summed E-state index contributed by atoms with van der Waals surface area (Å²) in [5.41, 5.74) is 0. The number of rotatable bonds is 39. The summed E-state index contributed by atoms with van der Waals surface area (Å²) in [6.07, 6.45) is 43.1. The van der Waals surface area contributed by atoms with Crippen LogP contribution in [0.3, 0.4) is 0 Å². The molecule has 0 bridgehead atoms. The van der Waals surface area contributed by atoms with Gasteiger partial charge in [-0.25, -0.2) is 0 Å². The summed E-state index contributed by atoms with van der Waals surface area (Å²) in [6.45, 7) is 4.33. The predicted molar refractivity (Wildman–Crippen MR) is 201 cm³/mol. The van der Waals surface area contributed by atoms with E-state index < -0.39 is 6.10 Å². The highest BCUT2D eigenvalue weighted by atomic mass is 16.6. The third-order valence-electron chi connectivity index (χ3n) is 9.59. The van der Waals surface area contributed by atoms with Gasteiger partial charge in [0.25, 0.3) is 0 Å². The molecule has 0 fully saturated rings. The van der Waals surface area contributed by atoms with Crippen LogP contribution in [0.4, 0.5) is 0 Å². The highest BCUT2D eigenvalue weighted by Gasteiger charge is 2.12. The number of unbranched alkanes of at least 4 members (excludes halogenated alkanes) is 31. The molecule has 0 spiro atoms. The molecule has 47 heavy (non-hydrogen) atoms. The van der Waals surface area contributed by atoms with Crippen LogP contribution in [0.15, 0.2) is 0 Å². The minimum Gasteiger partial charge on any atom is -0.463 e. The molecule has 0 aliphatic carbocycles. The maximum atomic E-state index is 12.0. The lowest BCUT2D eigenvalue weighted by molar-refractivity contribution is -0.152. The van der Waals surface area contributed by atoms with Crippen molar-refractivity contribution < 1.29 is 24.2 Å². The Morgan fingerprint density at radius 1 is 0.362 bits per heavy atom. The second kappa shape index (κ2) is 39.3. The topological polar surface area (TPSA) is 72.8 Å². The maximum Gasteiger partial charge on any atom is 0.305 e. The molecule has 0 aromatic carbocycles. The van der Waals surface area contributed by atoms with E-state index in [9.17, 15) is 14.7 Å². The second-order valence-electron chi connectivity index (χ2n) is 14.5. The van der Waals surface area contributed by atoms with Crippen molar-refractivity contribution in [3.63, 3.8) is 0 Å². The van der Waals surface area contributed by atoms with E-state index in [0.29, 0.717) is 12.8 Å². The Morgan fingerprint density at radius 2 is 0.553 bits per heavy atom. The summed E-state index contributed by atoms with van der Waals surface area (Å²) in [6, 6.07) is 0. The van der Waals surface area contributed by atoms with E-state index in [-0.39, 0.29) is 25.2 Å². The Bertz CT molecular complexity index is 637. The van der Waals surface area contributed by atoms with Crippen molar-refractivity contribution in [2.75, 3.05) is 13.2 Å². The Morgan fingerprint density at radius 3 is 0.766 bits per heavy atom. The van der Waals surface area contributed by atoms with Crippen LogP contribution in [0.2, 0.25) is 0 Å². The molecule has 0 rings (SSSR count). The van der Waals surface area contributed by atoms with Gasteiger partial charge < -0.3 is 14.6 Å². The summed E-state index contributed by atoms with van der Waals surface area (Å²) in [7, 11) is 0. The molecule has 0 amide bonds. The predicted octanol–water partition coefficient (Wildman–Crippen LogP) is 13.1. The smallest absolute Gasteiger partial charge is 0.305 e. The number of aliphatic hydroxyl groups excluding tert-OH is 1. The summed E-state index contributed by atoms with van der Waals surface area (Å²) in [5.74, 6) is -0.549. The zero-order valence-electron chi connectivity index (χ0n) is 31.8. The van der Waals surface area contributed by atoms with E-state index in [2.05, 4.69) is 13.8 Å². The normalized spacial score (nSPS) is 12.0. The molecule has 0 radical (unpaired) electrons. The fourth-order valence-electron chi connectivity index (χ4n) is 6.38. The van der Waals surface area contributed by atoms with E-state index >= 15 is 0 Å². The largest absolute Gasteiger partial charge is 0.463 e. The van der Waals surface area contributed by atoms with Gasteiger partial charge in [0.05, 0.1) is 0 Å². The van der Waals surface area contributed by atoms with E-state index in [0.717, 1.165) is 25.7 Å². The highest BCUT2D eigenvalue weighted by Crippen LogP contribution is 2.16. The number of hydrogen-bond donors (Lipinski definition) is 1. The minimum atomic E-state index is -0.954. The van der Waals surface area contributed by atoms with Crippen molar-refractivity contribution in [3.8, 4) is 0 Å². The first-order chi connectivity index (χ1) is 23.1. The number of esters is 2. The third-order valence-corrected chi connectivity index (χ3v) is 9.59. The lowest BCUT2D eigenvalue weighted by atomic mass is 10.0. The third kappa shape index (κ3) is 39.2. The van der Waals surface area contributed by atoms with Gasteiger partial charge in [0.2, 0.25) is 0 Å². The van der Waals surface area contributed by atoms with Gasteiger partial charge in [0.15, 0.2) is 0 Å². The summed E-state index contributed by atoms with van der Waals surface area (Å²) >= 11 is 0. The number of carbonyl (C=O) groups excluding carboxylic acids is 2. The van der Waals surface area contributed by atoms with Crippen LogP contribution in [0.25, 0.3) is 0 Å². The van der Waals surface area contributed by atoms with Gasteiger partial charge in [-0.05, 0) is 12.8 Å². The van der Waals surface area contributed by atoms with E-state index in [4.69, 9.17) is 9.47 Å². The van der Waals surface area contributed by atoms with Crippen LogP contribution in [-0.2, 0) is 19.1 Å². The molecule has 0 heterocycles. The molecule has 280 valence electrons. The second-order valence-corrected chi connectivity index (χ2v) is 14.5. The van der Waals surface area contributed by atoms with Crippen LogP contribution in [-0.4, -0.2) is 36.4 Å². The van der Waals surface area contributed by atoms with Gasteiger partial charge in [-0.3, -0.25) is 9.59 Å². The Balaban J connectivity index is 3.34. The Hall–Kier alpha value is -1.10. The number of carbonyl (C=O) groups is 2. The molecule has 0 saturated heterocycles. The van der Waals surface area contributed by atoms with Crippen molar-refractivity contribution in [3.05, 3.63) is 0 Å². The van der Waals surface area contributed by atoms with Crippen molar-refractivity contribution >= 4 is 11.9 Å². The summed E-state index contributed by atoms with van der Waals surface area (Å²) in [5, 5.41) is 10.0. The maximum absolute atomic E-state index is 12.0. The number of ether oxygens (including phenoxy) is 2. The first-order valence-electron chi connectivity index (χ1n) is 21.1. The molecule has 0 aromatic rings. The zero-order valence-corrected chi connectivity index (χ0v) is 31.8. The van der Waals surface area contributed by atoms with Crippen molar-refractivity contribution in [2.45, 2.75) is 245 Å². The fraction of sp³-hybridized carbons (Fsp3) is 0.952. The molecular formula is C42H82O5. The lowest BCUT2D eigenvalue weighted by Crippen LogP contribution is -2.25. The van der Waals surface area contributed by atoms with E-state index in [1.807, 2.05) is 0 Å². The van der Waals surface area contributed by atoms with Crippen LogP contribution < -0.4 is 0 Å². The van der Waals surface area contributed by atoms with Crippen LogP contribution >= 0.6 is 0 Å². The van der Waals surface area contributed by atoms with Gasteiger partial charge in [-0.1, -0.05) is 213 Å². The SMILES string of the molecule is CCCCCCCCCCCCCCCCCCCCCCCC(=O)OC[C@H](O)COC(=O)CCCCCCCCCCCCCC. The summed E-state index contributed by atoms with van der Waals surface area (Å²) < 4.78 is 10.3. The van der Waals surface area contributed by atoms with E-state index in [1.54, 1.807) is 0 Å². The molecule has 0 aliphatic heterocycles. The lowest BCUT2D eigenvalue weighted by Gasteiger charge is -2.12. The molecule has 1 atom stereocenters. The standard InChI is InChI=1S/C42H82O5/c1-3-5-7-9-11-13-15-17-18-19-20-21-22-23-24-25-27-29-31-33-35-37-42(45)47-39-40(43)38-46-41(44)36-34-32-30-28-26-16-14-12-10-8-6-4-2/h40,43H,3-39H2,1-2H3/t40-/m1/s1. The van der Waals surface area contributed by atoms with Crippen molar-refractivity contribution in [2.24, 2.45) is 0 Å². The fourth-order valence-corrected chi connectivity index (χ4v) is 6.38. The average molecular weight is 667 g/mol. The molecule has 0 saturated carbocycles. The monoisotopic (exact) mass is 667 g/mol. The molecular weight excluding hydrogens is 584 g/mol. The molecule has 0 unspecified atom stereocenters. The first kappa shape index (κ1) is 45.9. The van der Waals surface area contributed by atoms with Crippen LogP contribution in [0.1, 0.15) is 239 Å². The van der Waals surface area contributed by atoms with Crippen molar-refractivity contribution in [1.29, 1.82) is 0 Å². The quantitative estimate of drug-likeness (QED) is 0.0522. The molecule has 5 heteroatoms. The Kier molecular flexibility index (Phi) is 38.4. The van der Waals surface area contributed by atoms with Gasteiger partial charge in [0.1, 0.15) is 19.3 Å². The van der Waals surface area contributed by atoms with Crippen LogP contribution in [0, 0.1) is 0 Å². The number of hydrogen-bond acceptors (Lipinski definition) is 5. The molecule has 0 aromatic heterocycles. The zero-order chi connectivity index (χ0) is 34.3. The molecule has 1 N–H and O–H groups in total. The molecule has 0 aliphatic rings. The van der Waals surface area contributed by atoms with Gasteiger partial charge in [-0.2, -0.15) is 0 Å². The number of aliphatic hydroxyl groups is 1.